The topological polar surface area (TPSA) is 21.7 Å². The van der Waals surface area contributed by atoms with Gasteiger partial charge in [0, 0.05) is 13.2 Å². The van der Waals surface area contributed by atoms with Crippen LogP contribution in [-0.4, -0.2) is 51.5 Å². The lowest BCUT2D eigenvalue weighted by atomic mass is 10.1. The maximum atomic E-state index is 5.95. The van der Waals surface area contributed by atoms with E-state index in [1.165, 1.54) is 109 Å². The van der Waals surface area contributed by atoms with Gasteiger partial charge in [-0.3, -0.25) is 0 Å². The monoisotopic (exact) mass is 479 g/mol. The second kappa shape index (κ2) is 28.6. The molecule has 0 aromatic carbocycles. The van der Waals surface area contributed by atoms with Crippen LogP contribution in [0.3, 0.4) is 0 Å². The predicted octanol–water partition coefficient (Wildman–Crippen LogP) is 9.12. The summed E-state index contributed by atoms with van der Waals surface area (Å²) in [4.78, 5) is 2.23. The predicted molar refractivity (Wildman–Crippen MR) is 152 cm³/mol. The number of allylic oxidation sites excluding steroid dienone is 4. The maximum Gasteiger partial charge on any atom is 0.0644 e. The van der Waals surface area contributed by atoms with Gasteiger partial charge in [0.05, 0.1) is 19.3 Å². The highest BCUT2D eigenvalue weighted by atomic mass is 16.5. The third-order valence-electron chi connectivity index (χ3n) is 6.48. The largest absolute Gasteiger partial charge is 0.380 e. The zero-order valence-corrected chi connectivity index (χ0v) is 23.7. The Kier molecular flexibility index (Phi) is 28.1. The Morgan fingerprint density at radius 3 is 1.44 bits per heavy atom. The fraction of sp³-hybridized carbons (Fsp3) is 0.871. The molecule has 0 aliphatic heterocycles. The number of likely N-dealkylation sites (N-methyl/N-ethyl adjacent to an activating group) is 1. The SMILES string of the molecule is CCCCCC=CCC=CCCCCCCCCCCOC[C@H](COCCCCCC)N(C)C. The maximum absolute atomic E-state index is 5.95. The molecule has 0 heterocycles. The van der Waals surface area contributed by atoms with Crippen LogP contribution in [0.1, 0.15) is 129 Å². The van der Waals surface area contributed by atoms with Crippen LogP contribution < -0.4 is 0 Å². The molecule has 0 amide bonds. The van der Waals surface area contributed by atoms with E-state index in [0.717, 1.165) is 32.8 Å². The van der Waals surface area contributed by atoms with Gasteiger partial charge in [-0.1, -0.05) is 109 Å². The number of unbranched alkanes of at least 4 members (excludes halogenated alkanes) is 14. The molecule has 34 heavy (non-hydrogen) atoms. The van der Waals surface area contributed by atoms with E-state index in [1.807, 2.05) is 0 Å². The van der Waals surface area contributed by atoms with Gasteiger partial charge in [0.15, 0.2) is 0 Å². The molecule has 0 aliphatic carbocycles. The van der Waals surface area contributed by atoms with Gasteiger partial charge in [-0.2, -0.15) is 0 Å². The molecule has 0 rings (SSSR count). The van der Waals surface area contributed by atoms with Crippen molar-refractivity contribution in [1.82, 2.24) is 4.90 Å². The van der Waals surface area contributed by atoms with Crippen LogP contribution in [0, 0.1) is 0 Å². The molecule has 0 fully saturated rings. The number of ether oxygens (including phenoxy) is 2. The van der Waals surface area contributed by atoms with Crippen molar-refractivity contribution < 1.29 is 9.47 Å². The zero-order valence-electron chi connectivity index (χ0n) is 23.7. The Hall–Kier alpha value is -0.640. The Morgan fingerprint density at radius 1 is 0.529 bits per heavy atom. The van der Waals surface area contributed by atoms with Crippen molar-refractivity contribution in [2.24, 2.45) is 0 Å². The third kappa shape index (κ3) is 26.0. The van der Waals surface area contributed by atoms with E-state index in [-0.39, 0.29) is 0 Å². The lowest BCUT2D eigenvalue weighted by molar-refractivity contribution is 0.0198. The van der Waals surface area contributed by atoms with Crippen LogP contribution >= 0.6 is 0 Å². The summed E-state index contributed by atoms with van der Waals surface area (Å²) in [6, 6.07) is 0.369. The van der Waals surface area contributed by atoms with Gasteiger partial charge >= 0.3 is 0 Å². The van der Waals surface area contributed by atoms with Gasteiger partial charge in [-0.25, -0.2) is 0 Å². The standard InChI is InChI=1S/C31H61NO2/c1-5-7-9-11-12-13-14-15-16-17-18-19-20-21-22-23-24-26-28-34-30-31(32(3)4)29-33-27-25-10-8-6-2/h12-13,15-16,31H,5-11,14,17-30H2,1-4H3/t31-/m0/s1. The molecule has 0 saturated carbocycles. The van der Waals surface area contributed by atoms with Crippen LogP contribution in [0.4, 0.5) is 0 Å². The molecule has 1 atom stereocenters. The molecule has 3 heteroatoms. The van der Waals surface area contributed by atoms with E-state index < -0.39 is 0 Å². The quantitative estimate of drug-likeness (QED) is 0.0865. The number of rotatable bonds is 27. The zero-order chi connectivity index (χ0) is 25.0. The van der Waals surface area contributed by atoms with Crippen molar-refractivity contribution in [2.75, 3.05) is 40.5 Å². The van der Waals surface area contributed by atoms with Crippen LogP contribution in [-0.2, 0) is 9.47 Å². The van der Waals surface area contributed by atoms with Gasteiger partial charge in [-0.15, -0.1) is 0 Å². The van der Waals surface area contributed by atoms with E-state index in [1.54, 1.807) is 0 Å². The summed E-state index contributed by atoms with van der Waals surface area (Å²) in [5.74, 6) is 0. The normalized spacial score (nSPS) is 13.1. The molecule has 0 N–H and O–H groups in total. The molecule has 0 saturated heterocycles. The average Bonchev–Trinajstić information content (AvgIpc) is 2.83. The van der Waals surface area contributed by atoms with Crippen molar-refractivity contribution in [3.05, 3.63) is 24.3 Å². The van der Waals surface area contributed by atoms with Gasteiger partial charge in [0.25, 0.3) is 0 Å². The summed E-state index contributed by atoms with van der Waals surface area (Å²) in [7, 11) is 4.25. The van der Waals surface area contributed by atoms with Crippen molar-refractivity contribution in [3.63, 3.8) is 0 Å². The van der Waals surface area contributed by atoms with E-state index in [4.69, 9.17) is 9.47 Å². The molecule has 0 aliphatic rings. The van der Waals surface area contributed by atoms with Crippen LogP contribution in [0.2, 0.25) is 0 Å². The van der Waals surface area contributed by atoms with Crippen LogP contribution in [0.25, 0.3) is 0 Å². The molecule has 0 radical (unpaired) electrons. The molecular formula is C31H61NO2. The lowest BCUT2D eigenvalue weighted by Gasteiger charge is -2.24. The molecule has 3 nitrogen and oxygen atoms in total. The van der Waals surface area contributed by atoms with Crippen molar-refractivity contribution in [3.8, 4) is 0 Å². The summed E-state index contributed by atoms with van der Waals surface area (Å²) >= 11 is 0. The van der Waals surface area contributed by atoms with Crippen LogP contribution in [0.5, 0.6) is 0 Å². The van der Waals surface area contributed by atoms with E-state index in [0.29, 0.717) is 6.04 Å². The summed E-state index contributed by atoms with van der Waals surface area (Å²) in [6.07, 6.45) is 32.8. The van der Waals surface area contributed by atoms with Crippen molar-refractivity contribution in [2.45, 2.75) is 135 Å². The molecular weight excluding hydrogens is 418 g/mol. The summed E-state index contributed by atoms with van der Waals surface area (Å²) in [5, 5.41) is 0. The Morgan fingerprint density at radius 2 is 0.941 bits per heavy atom. The molecule has 202 valence electrons. The second-order valence-corrected chi connectivity index (χ2v) is 10.1. The highest BCUT2D eigenvalue weighted by Gasteiger charge is 2.11. The van der Waals surface area contributed by atoms with Gasteiger partial charge < -0.3 is 14.4 Å². The van der Waals surface area contributed by atoms with E-state index in [2.05, 4.69) is 57.1 Å². The summed E-state index contributed by atoms with van der Waals surface area (Å²) in [5.41, 5.74) is 0. The minimum absolute atomic E-state index is 0.369. The summed E-state index contributed by atoms with van der Waals surface area (Å²) in [6.45, 7) is 7.85. The first-order valence-electron chi connectivity index (χ1n) is 14.8. The molecule has 0 spiro atoms. The number of hydrogen-bond donors (Lipinski definition) is 0. The third-order valence-corrected chi connectivity index (χ3v) is 6.48. The fourth-order valence-corrected chi connectivity index (χ4v) is 3.96. The Labute approximate surface area is 214 Å². The Bertz CT molecular complexity index is 433. The van der Waals surface area contributed by atoms with Gasteiger partial charge in [-0.05, 0) is 59.0 Å². The first-order chi connectivity index (χ1) is 16.7. The molecule has 0 bridgehead atoms. The Balaban J connectivity index is 3.39. The average molecular weight is 480 g/mol. The molecule has 0 unspecified atom stereocenters. The molecule has 0 aromatic heterocycles. The first-order valence-corrected chi connectivity index (χ1v) is 14.8. The van der Waals surface area contributed by atoms with E-state index >= 15 is 0 Å². The number of hydrogen-bond acceptors (Lipinski definition) is 3. The van der Waals surface area contributed by atoms with Crippen molar-refractivity contribution >= 4 is 0 Å². The van der Waals surface area contributed by atoms with Gasteiger partial charge in [0.2, 0.25) is 0 Å². The number of nitrogens with zero attached hydrogens (tertiary/aromatic N) is 1. The smallest absolute Gasteiger partial charge is 0.0644 e. The highest BCUT2D eigenvalue weighted by molar-refractivity contribution is 4.92. The van der Waals surface area contributed by atoms with Gasteiger partial charge in [0.1, 0.15) is 0 Å². The molecule has 0 aromatic rings. The van der Waals surface area contributed by atoms with Crippen LogP contribution in [0.15, 0.2) is 24.3 Å². The first kappa shape index (κ1) is 33.4. The van der Waals surface area contributed by atoms with Crippen molar-refractivity contribution in [1.29, 1.82) is 0 Å². The minimum atomic E-state index is 0.369. The summed E-state index contributed by atoms with van der Waals surface area (Å²) < 4.78 is 11.8. The van der Waals surface area contributed by atoms with E-state index in [9.17, 15) is 0 Å². The fourth-order valence-electron chi connectivity index (χ4n) is 3.96. The minimum Gasteiger partial charge on any atom is -0.380 e. The second-order valence-electron chi connectivity index (χ2n) is 10.1. The highest BCUT2D eigenvalue weighted by Crippen LogP contribution is 2.10. The lowest BCUT2D eigenvalue weighted by Crippen LogP contribution is -2.37.